The molecule has 28 heavy (non-hydrogen) atoms. The number of benzene rings is 1. The van der Waals surface area contributed by atoms with Gasteiger partial charge in [-0.3, -0.25) is 4.99 Å². The Labute approximate surface area is 187 Å². The van der Waals surface area contributed by atoms with Crippen LogP contribution in [0.4, 0.5) is 0 Å². The Morgan fingerprint density at radius 2 is 1.89 bits per heavy atom. The maximum atomic E-state index is 11.9. The average molecular weight is 522 g/mol. The van der Waals surface area contributed by atoms with Crippen LogP contribution in [0.25, 0.3) is 0 Å². The molecule has 1 fully saturated rings. The van der Waals surface area contributed by atoms with Gasteiger partial charge < -0.3 is 10.6 Å². The predicted molar refractivity (Wildman–Crippen MR) is 128 cm³/mol. The summed E-state index contributed by atoms with van der Waals surface area (Å²) in [5.74, 6) is 0.702. The summed E-state index contributed by atoms with van der Waals surface area (Å²) in [5.41, 5.74) is 2.57. The van der Waals surface area contributed by atoms with Crippen LogP contribution in [0.5, 0.6) is 0 Å². The number of hydrogen-bond donors (Lipinski definition) is 2. The van der Waals surface area contributed by atoms with Crippen molar-refractivity contribution in [2.75, 3.05) is 32.9 Å². The Hall–Kier alpha value is -0.870. The fourth-order valence-corrected chi connectivity index (χ4v) is 4.67. The number of aryl methyl sites for hydroxylation is 1. The zero-order chi connectivity index (χ0) is 20.1. The summed E-state index contributed by atoms with van der Waals surface area (Å²) in [6, 6.07) is 8.75. The van der Waals surface area contributed by atoms with Crippen molar-refractivity contribution in [3.8, 4) is 0 Å². The van der Waals surface area contributed by atoms with Crippen LogP contribution in [-0.2, 0) is 21.9 Å². The lowest BCUT2D eigenvalue weighted by Gasteiger charge is -2.28. The number of hydrogen-bond acceptors (Lipinski definition) is 3. The molecular formula is C20H35IN4O2S. The Morgan fingerprint density at radius 1 is 1.25 bits per heavy atom. The van der Waals surface area contributed by atoms with Gasteiger partial charge in [-0.2, -0.15) is 4.31 Å². The zero-order valence-electron chi connectivity index (χ0n) is 17.7. The highest BCUT2D eigenvalue weighted by Crippen LogP contribution is 2.23. The van der Waals surface area contributed by atoms with E-state index < -0.39 is 10.0 Å². The number of nitrogens with one attached hydrogen (secondary N) is 2. The lowest BCUT2D eigenvalue weighted by molar-refractivity contribution is 0.386. The summed E-state index contributed by atoms with van der Waals surface area (Å²) in [6.07, 6.45) is 4.12. The molecule has 1 aromatic carbocycles. The minimum absolute atomic E-state index is 0. The molecule has 0 aromatic heterocycles. The largest absolute Gasteiger partial charge is 0.356 e. The summed E-state index contributed by atoms with van der Waals surface area (Å²) in [7, 11) is -1.41. The van der Waals surface area contributed by atoms with Crippen molar-refractivity contribution in [2.45, 2.75) is 51.5 Å². The van der Waals surface area contributed by atoms with E-state index in [0.29, 0.717) is 19.0 Å². The van der Waals surface area contributed by atoms with Crippen LogP contribution >= 0.6 is 24.0 Å². The van der Waals surface area contributed by atoms with Gasteiger partial charge >= 0.3 is 0 Å². The molecule has 1 aromatic rings. The molecule has 0 saturated carbocycles. The Balaban J connectivity index is 0.00000392. The molecule has 1 heterocycles. The topological polar surface area (TPSA) is 73.8 Å². The lowest BCUT2D eigenvalue weighted by atomic mass is 9.84. The molecule has 0 spiro atoms. The van der Waals surface area contributed by atoms with E-state index in [-0.39, 0.29) is 35.4 Å². The number of nitrogens with zero attached hydrogens (tertiary/aromatic N) is 2. The van der Waals surface area contributed by atoms with Gasteiger partial charge in [0.1, 0.15) is 0 Å². The SMILES string of the molecule is CCc1ccc(C(C)(C)CNC(=NC)NC[C@H]2CCCN2S(C)(=O)=O)cc1.I. The quantitative estimate of drug-likeness (QED) is 0.328. The number of aliphatic imine (C=N–C) groups is 1. The smallest absolute Gasteiger partial charge is 0.211 e. The molecule has 1 atom stereocenters. The van der Waals surface area contributed by atoms with Gasteiger partial charge in [-0.05, 0) is 30.4 Å². The zero-order valence-corrected chi connectivity index (χ0v) is 20.8. The highest BCUT2D eigenvalue weighted by molar-refractivity contribution is 14.0. The number of rotatable bonds is 7. The van der Waals surface area contributed by atoms with Gasteiger partial charge in [0.05, 0.1) is 6.26 Å². The van der Waals surface area contributed by atoms with Crippen molar-refractivity contribution in [1.82, 2.24) is 14.9 Å². The van der Waals surface area contributed by atoms with Gasteiger partial charge in [0.2, 0.25) is 10.0 Å². The van der Waals surface area contributed by atoms with Gasteiger partial charge in [-0.15, -0.1) is 24.0 Å². The maximum absolute atomic E-state index is 11.9. The fraction of sp³-hybridized carbons (Fsp3) is 0.650. The third-order valence-corrected chi connectivity index (χ3v) is 6.65. The fourth-order valence-electron chi connectivity index (χ4n) is 3.48. The van der Waals surface area contributed by atoms with Crippen LogP contribution in [0.1, 0.15) is 44.7 Å². The van der Waals surface area contributed by atoms with E-state index in [1.165, 1.54) is 17.4 Å². The monoisotopic (exact) mass is 522 g/mol. The van der Waals surface area contributed by atoms with E-state index in [1.54, 1.807) is 11.4 Å². The molecule has 0 amide bonds. The molecule has 1 aliphatic rings. The molecule has 1 aliphatic heterocycles. The van der Waals surface area contributed by atoms with Crippen LogP contribution < -0.4 is 10.6 Å². The maximum Gasteiger partial charge on any atom is 0.211 e. The Bertz CT molecular complexity index is 748. The van der Waals surface area contributed by atoms with Crippen molar-refractivity contribution < 1.29 is 8.42 Å². The molecule has 6 nitrogen and oxygen atoms in total. The van der Waals surface area contributed by atoms with Crippen molar-refractivity contribution in [2.24, 2.45) is 4.99 Å². The molecule has 8 heteroatoms. The molecule has 0 bridgehead atoms. The Kier molecular flexibility index (Phi) is 9.69. The minimum atomic E-state index is -3.15. The Morgan fingerprint density at radius 3 is 2.43 bits per heavy atom. The first-order valence-corrected chi connectivity index (χ1v) is 11.5. The van der Waals surface area contributed by atoms with E-state index in [0.717, 1.165) is 25.8 Å². The van der Waals surface area contributed by atoms with Crippen molar-refractivity contribution in [1.29, 1.82) is 0 Å². The third-order valence-electron chi connectivity index (χ3n) is 5.32. The molecule has 0 radical (unpaired) electrons. The molecule has 0 aliphatic carbocycles. The van der Waals surface area contributed by atoms with E-state index in [2.05, 4.69) is 60.7 Å². The van der Waals surface area contributed by atoms with Crippen LogP contribution in [0.3, 0.4) is 0 Å². The first-order valence-electron chi connectivity index (χ1n) is 9.68. The summed E-state index contributed by atoms with van der Waals surface area (Å²) < 4.78 is 25.3. The van der Waals surface area contributed by atoms with Crippen LogP contribution in [-0.4, -0.2) is 57.7 Å². The average Bonchev–Trinajstić information content (AvgIpc) is 3.11. The summed E-state index contributed by atoms with van der Waals surface area (Å²) >= 11 is 0. The lowest BCUT2D eigenvalue weighted by Crippen LogP contribution is -2.48. The number of guanidine groups is 1. The molecule has 160 valence electrons. The van der Waals surface area contributed by atoms with E-state index in [4.69, 9.17) is 0 Å². The first-order chi connectivity index (χ1) is 12.7. The second kappa shape index (κ2) is 10.8. The second-order valence-electron chi connectivity index (χ2n) is 7.91. The van der Waals surface area contributed by atoms with Gasteiger partial charge in [-0.1, -0.05) is 45.0 Å². The van der Waals surface area contributed by atoms with Crippen LogP contribution in [0.15, 0.2) is 29.3 Å². The van der Waals surface area contributed by atoms with E-state index in [1.807, 2.05) is 0 Å². The third kappa shape index (κ3) is 6.88. The van der Waals surface area contributed by atoms with Crippen LogP contribution in [0, 0.1) is 0 Å². The highest BCUT2D eigenvalue weighted by atomic mass is 127. The predicted octanol–water partition coefficient (Wildman–Crippen LogP) is 2.73. The molecule has 2 N–H and O–H groups in total. The first kappa shape index (κ1) is 25.2. The van der Waals surface area contributed by atoms with Gasteiger partial charge in [0.15, 0.2) is 5.96 Å². The van der Waals surface area contributed by atoms with Crippen LogP contribution in [0.2, 0.25) is 0 Å². The molecular weight excluding hydrogens is 487 g/mol. The molecule has 2 rings (SSSR count). The van der Waals surface area contributed by atoms with E-state index >= 15 is 0 Å². The van der Waals surface area contributed by atoms with Crippen molar-refractivity contribution >= 4 is 40.0 Å². The molecule has 1 saturated heterocycles. The van der Waals surface area contributed by atoms with Gasteiger partial charge in [-0.25, -0.2) is 8.42 Å². The standard InChI is InChI=1S/C20H34N4O2S.HI/c1-6-16-9-11-17(12-10-16)20(2,3)15-23-19(21-4)22-14-18-8-7-13-24(18)27(5,25)26;/h9-12,18H,6-8,13-15H2,1-5H3,(H2,21,22,23);1H/t18-;/m1./s1. The number of sulfonamides is 1. The summed E-state index contributed by atoms with van der Waals surface area (Å²) in [4.78, 5) is 4.29. The van der Waals surface area contributed by atoms with Gasteiger partial charge in [0, 0.05) is 38.1 Å². The number of halogens is 1. The van der Waals surface area contributed by atoms with Gasteiger partial charge in [0.25, 0.3) is 0 Å². The second-order valence-corrected chi connectivity index (χ2v) is 9.85. The van der Waals surface area contributed by atoms with E-state index in [9.17, 15) is 8.42 Å². The van der Waals surface area contributed by atoms with Crippen molar-refractivity contribution in [3.05, 3.63) is 35.4 Å². The normalized spacial score (nSPS) is 18.6. The molecule has 0 unspecified atom stereocenters. The van der Waals surface area contributed by atoms with Crippen molar-refractivity contribution in [3.63, 3.8) is 0 Å². The summed E-state index contributed by atoms with van der Waals surface area (Å²) in [6.45, 7) is 8.48. The highest BCUT2D eigenvalue weighted by Gasteiger charge is 2.31. The minimum Gasteiger partial charge on any atom is -0.356 e. The summed E-state index contributed by atoms with van der Waals surface area (Å²) in [5, 5.41) is 6.67.